The summed E-state index contributed by atoms with van der Waals surface area (Å²) in [5, 5.41) is 3.23. The number of benzene rings is 1. The maximum atomic E-state index is 13.9. The van der Waals surface area contributed by atoms with Gasteiger partial charge in [0, 0.05) is 25.7 Å². The van der Waals surface area contributed by atoms with Gasteiger partial charge >= 0.3 is 0 Å². The second-order valence-electron chi connectivity index (χ2n) is 5.68. The van der Waals surface area contributed by atoms with Gasteiger partial charge in [0.1, 0.15) is 0 Å². The fourth-order valence-electron chi connectivity index (χ4n) is 2.29. The van der Waals surface area contributed by atoms with Crippen molar-refractivity contribution >= 4 is 5.91 Å². The Balaban J connectivity index is 1.87. The SMILES string of the molecule is CC(C)NCc1ccc(OCC(=O)N2CCCC2)c(F)c1. The van der Waals surface area contributed by atoms with Crippen molar-refractivity contribution in [1.82, 2.24) is 10.2 Å². The minimum Gasteiger partial charge on any atom is -0.481 e. The van der Waals surface area contributed by atoms with Gasteiger partial charge < -0.3 is 15.0 Å². The van der Waals surface area contributed by atoms with Crippen LogP contribution in [0.4, 0.5) is 4.39 Å². The molecule has 0 unspecified atom stereocenters. The monoisotopic (exact) mass is 294 g/mol. The van der Waals surface area contributed by atoms with Crippen LogP contribution in [0.5, 0.6) is 5.75 Å². The van der Waals surface area contributed by atoms with Gasteiger partial charge in [-0.3, -0.25) is 4.79 Å². The third-order valence-electron chi connectivity index (χ3n) is 3.52. The Morgan fingerprint density at radius 2 is 2.10 bits per heavy atom. The largest absolute Gasteiger partial charge is 0.481 e. The number of hydrogen-bond donors (Lipinski definition) is 1. The van der Waals surface area contributed by atoms with E-state index in [1.54, 1.807) is 11.0 Å². The van der Waals surface area contributed by atoms with Gasteiger partial charge in [0.15, 0.2) is 18.2 Å². The second-order valence-corrected chi connectivity index (χ2v) is 5.68. The van der Waals surface area contributed by atoms with E-state index in [-0.39, 0.29) is 18.3 Å². The standard InChI is InChI=1S/C16H23FN2O2/c1-12(2)18-10-13-5-6-15(14(17)9-13)21-11-16(20)19-7-3-4-8-19/h5-6,9,12,18H,3-4,7-8,10-11H2,1-2H3. The smallest absolute Gasteiger partial charge is 0.260 e. The van der Waals surface area contributed by atoms with Crippen molar-refractivity contribution in [2.24, 2.45) is 0 Å². The molecule has 0 aromatic heterocycles. The summed E-state index contributed by atoms with van der Waals surface area (Å²) in [7, 11) is 0. The summed E-state index contributed by atoms with van der Waals surface area (Å²) >= 11 is 0. The van der Waals surface area contributed by atoms with Gasteiger partial charge in [-0.1, -0.05) is 19.9 Å². The Morgan fingerprint density at radius 3 is 2.71 bits per heavy atom. The van der Waals surface area contributed by atoms with Crippen LogP contribution >= 0.6 is 0 Å². The van der Waals surface area contributed by atoms with Crippen molar-refractivity contribution in [3.8, 4) is 5.75 Å². The summed E-state index contributed by atoms with van der Waals surface area (Å²) < 4.78 is 19.2. The normalized spacial score (nSPS) is 14.8. The number of nitrogens with zero attached hydrogens (tertiary/aromatic N) is 1. The van der Waals surface area contributed by atoms with E-state index < -0.39 is 5.82 Å². The second kappa shape index (κ2) is 7.41. The molecule has 1 aliphatic heterocycles. The zero-order valence-corrected chi connectivity index (χ0v) is 12.7. The maximum absolute atomic E-state index is 13.9. The molecule has 2 rings (SSSR count). The van der Waals surface area contributed by atoms with Crippen molar-refractivity contribution in [2.45, 2.75) is 39.3 Å². The van der Waals surface area contributed by atoms with Crippen LogP contribution in [0.1, 0.15) is 32.3 Å². The first-order valence-corrected chi connectivity index (χ1v) is 7.48. The molecule has 1 heterocycles. The van der Waals surface area contributed by atoms with E-state index in [4.69, 9.17) is 4.74 Å². The van der Waals surface area contributed by atoms with Crippen LogP contribution in [-0.4, -0.2) is 36.5 Å². The van der Waals surface area contributed by atoms with Crippen molar-refractivity contribution in [3.63, 3.8) is 0 Å². The Kier molecular flexibility index (Phi) is 5.56. The van der Waals surface area contributed by atoms with Crippen LogP contribution in [0.2, 0.25) is 0 Å². The number of rotatable bonds is 6. The van der Waals surface area contributed by atoms with Gasteiger partial charge in [0.2, 0.25) is 0 Å². The molecule has 1 aromatic rings. The lowest BCUT2D eigenvalue weighted by atomic mass is 10.2. The zero-order valence-electron chi connectivity index (χ0n) is 12.7. The molecule has 5 heteroatoms. The Labute approximate surface area is 125 Å². The molecule has 1 aromatic carbocycles. The van der Waals surface area contributed by atoms with Crippen LogP contribution in [-0.2, 0) is 11.3 Å². The predicted molar refractivity (Wildman–Crippen MR) is 79.7 cm³/mol. The fourth-order valence-corrected chi connectivity index (χ4v) is 2.29. The summed E-state index contributed by atoms with van der Waals surface area (Å²) in [6.07, 6.45) is 2.08. The van der Waals surface area contributed by atoms with Crippen LogP contribution in [0.25, 0.3) is 0 Å². The van der Waals surface area contributed by atoms with E-state index in [0.717, 1.165) is 31.5 Å². The number of nitrogens with one attached hydrogen (secondary N) is 1. The molecule has 1 amide bonds. The average Bonchev–Trinajstić information content (AvgIpc) is 2.98. The predicted octanol–water partition coefficient (Wildman–Crippen LogP) is 2.32. The van der Waals surface area contributed by atoms with Crippen LogP contribution in [0, 0.1) is 5.82 Å². The molecule has 116 valence electrons. The highest BCUT2D eigenvalue weighted by molar-refractivity contribution is 5.78. The first-order chi connectivity index (χ1) is 10.1. The van der Waals surface area contributed by atoms with Crippen molar-refractivity contribution in [2.75, 3.05) is 19.7 Å². The van der Waals surface area contributed by atoms with Gasteiger partial charge in [-0.2, -0.15) is 0 Å². The number of likely N-dealkylation sites (tertiary alicyclic amines) is 1. The molecule has 4 nitrogen and oxygen atoms in total. The molecule has 1 N–H and O–H groups in total. The fraction of sp³-hybridized carbons (Fsp3) is 0.562. The highest BCUT2D eigenvalue weighted by Gasteiger charge is 2.18. The van der Waals surface area contributed by atoms with Gasteiger partial charge in [-0.15, -0.1) is 0 Å². The minimum absolute atomic E-state index is 0.0718. The molecule has 0 aliphatic carbocycles. The number of amides is 1. The van der Waals surface area contributed by atoms with Crippen LogP contribution in [0.3, 0.4) is 0 Å². The lowest BCUT2D eigenvalue weighted by Crippen LogP contribution is -2.32. The van der Waals surface area contributed by atoms with Crippen LogP contribution in [0.15, 0.2) is 18.2 Å². The van der Waals surface area contributed by atoms with Gasteiger partial charge in [0.25, 0.3) is 5.91 Å². The Morgan fingerprint density at radius 1 is 1.38 bits per heavy atom. The van der Waals surface area contributed by atoms with Gasteiger partial charge in [0.05, 0.1) is 0 Å². The third kappa shape index (κ3) is 4.70. The van der Waals surface area contributed by atoms with Gasteiger partial charge in [-0.25, -0.2) is 4.39 Å². The van der Waals surface area contributed by atoms with Crippen LogP contribution < -0.4 is 10.1 Å². The third-order valence-corrected chi connectivity index (χ3v) is 3.52. The summed E-state index contributed by atoms with van der Waals surface area (Å²) in [6.45, 7) is 6.16. The number of ether oxygens (including phenoxy) is 1. The molecule has 0 radical (unpaired) electrons. The van der Waals surface area contributed by atoms with E-state index in [1.807, 2.05) is 19.9 Å². The van der Waals surface area contributed by atoms with Crippen molar-refractivity contribution < 1.29 is 13.9 Å². The topological polar surface area (TPSA) is 41.6 Å². The molecule has 0 atom stereocenters. The molecule has 0 saturated carbocycles. The van der Waals surface area contributed by atoms with Crippen molar-refractivity contribution in [1.29, 1.82) is 0 Å². The summed E-state index contributed by atoms with van der Waals surface area (Å²) in [5.41, 5.74) is 0.861. The number of carbonyl (C=O) groups is 1. The Bertz CT molecular complexity index is 485. The molecular formula is C16H23FN2O2. The lowest BCUT2D eigenvalue weighted by molar-refractivity contribution is -0.132. The van der Waals surface area contributed by atoms with Gasteiger partial charge in [-0.05, 0) is 30.5 Å². The summed E-state index contributed by atoms with van der Waals surface area (Å²) in [5.74, 6) is -0.361. The van der Waals surface area contributed by atoms with E-state index in [1.165, 1.54) is 6.07 Å². The first-order valence-electron chi connectivity index (χ1n) is 7.48. The van der Waals surface area contributed by atoms with E-state index in [0.29, 0.717) is 12.6 Å². The van der Waals surface area contributed by atoms with Crippen molar-refractivity contribution in [3.05, 3.63) is 29.6 Å². The average molecular weight is 294 g/mol. The quantitative estimate of drug-likeness (QED) is 0.875. The van der Waals surface area contributed by atoms with E-state index in [2.05, 4.69) is 5.32 Å². The summed E-state index contributed by atoms with van der Waals surface area (Å²) in [6, 6.07) is 5.20. The molecule has 0 bridgehead atoms. The summed E-state index contributed by atoms with van der Waals surface area (Å²) in [4.78, 5) is 13.6. The molecular weight excluding hydrogens is 271 g/mol. The zero-order chi connectivity index (χ0) is 15.2. The van der Waals surface area contributed by atoms with E-state index in [9.17, 15) is 9.18 Å². The van der Waals surface area contributed by atoms with E-state index >= 15 is 0 Å². The highest BCUT2D eigenvalue weighted by Crippen LogP contribution is 2.19. The Hall–Kier alpha value is -1.62. The molecule has 0 spiro atoms. The maximum Gasteiger partial charge on any atom is 0.260 e. The number of halogens is 1. The molecule has 21 heavy (non-hydrogen) atoms. The molecule has 1 aliphatic rings. The first kappa shape index (κ1) is 15.8. The minimum atomic E-state index is -0.424. The molecule has 1 saturated heterocycles. The lowest BCUT2D eigenvalue weighted by Gasteiger charge is -2.16. The number of carbonyl (C=O) groups excluding carboxylic acids is 1. The molecule has 1 fully saturated rings. The highest BCUT2D eigenvalue weighted by atomic mass is 19.1. The number of hydrogen-bond acceptors (Lipinski definition) is 3.